The maximum Gasteiger partial charge on any atom is 0.225 e. The number of rotatable bonds is 5. The predicted molar refractivity (Wildman–Crippen MR) is 89.4 cm³/mol. The molecular formula is C19H17F2NO3. The molecule has 0 saturated heterocycles. The van der Waals surface area contributed by atoms with Gasteiger partial charge in [0.1, 0.15) is 11.3 Å². The molecule has 0 aliphatic rings. The molecule has 0 radical (unpaired) electrons. The number of fused-ring (bicyclic) bond motifs is 1. The van der Waals surface area contributed by atoms with Crippen molar-refractivity contribution in [3.63, 3.8) is 0 Å². The van der Waals surface area contributed by atoms with Crippen LogP contribution in [0, 0.1) is 11.6 Å². The molecule has 0 aliphatic heterocycles. The van der Waals surface area contributed by atoms with Crippen molar-refractivity contribution in [2.45, 2.75) is 19.4 Å². The van der Waals surface area contributed by atoms with Crippen LogP contribution in [0.5, 0.6) is 5.75 Å². The van der Waals surface area contributed by atoms with E-state index in [1.165, 1.54) is 12.3 Å². The highest BCUT2D eigenvalue weighted by atomic mass is 19.2. The summed E-state index contributed by atoms with van der Waals surface area (Å²) in [6.45, 7) is 1.71. The third-order valence-corrected chi connectivity index (χ3v) is 4.04. The summed E-state index contributed by atoms with van der Waals surface area (Å²) < 4.78 is 36.9. The van der Waals surface area contributed by atoms with Crippen molar-refractivity contribution in [1.29, 1.82) is 0 Å². The second-order valence-corrected chi connectivity index (χ2v) is 5.76. The summed E-state index contributed by atoms with van der Waals surface area (Å²) in [5.74, 6) is -1.42. The molecule has 0 bridgehead atoms. The van der Waals surface area contributed by atoms with Crippen molar-refractivity contribution >= 4 is 16.9 Å². The lowest BCUT2D eigenvalue weighted by atomic mass is 10.1. The predicted octanol–water partition coefficient (Wildman–Crippen LogP) is 4.14. The Labute approximate surface area is 143 Å². The highest BCUT2D eigenvalue weighted by Crippen LogP contribution is 2.26. The van der Waals surface area contributed by atoms with Crippen LogP contribution in [0.3, 0.4) is 0 Å². The van der Waals surface area contributed by atoms with Crippen molar-refractivity contribution in [3.8, 4) is 5.75 Å². The Hall–Kier alpha value is -2.89. The molecule has 0 aliphatic carbocycles. The van der Waals surface area contributed by atoms with Gasteiger partial charge in [-0.05, 0) is 36.8 Å². The van der Waals surface area contributed by atoms with E-state index in [2.05, 4.69) is 5.32 Å². The summed E-state index contributed by atoms with van der Waals surface area (Å²) in [5, 5.41) is 3.60. The Morgan fingerprint density at radius 3 is 2.72 bits per heavy atom. The number of methoxy groups -OCH3 is 1. The Balaban J connectivity index is 1.71. The fourth-order valence-electron chi connectivity index (χ4n) is 2.66. The van der Waals surface area contributed by atoms with E-state index in [0.29, 0.717) is 16.9 Å². The van der Waals surface area contributed by atoms with Gasteiger partial charge in [-0.2, -0.15) is 0 Å². The molecule has 0 fully saturated rings. The summed E-state index contributed by atoms with van der Waals surface area (Å²) >= 11 is 0. The number of carbonyl (C=O) groups is 1. The van der Waals surface area contributed by atoms with Gasteiger partial charge in [0.25, 0.3) is 0 Å². The summed E-state index contributed by atoms with van der Waals surface area (Å²) in [6, 6.07) is 8.51. The molecule has 1 heterocycles. The smallest absolute Gasteiger partial charge is 0.225 e. The molecule has 0 saturated carbocycles. The van der Waals surface area contributed by atoms with E-state index < -0.39 is 17.7 Å². The minimum absolute atomic E-state index is 0.118. The molecule has 25 heavy (non-hydrogen) atoms. The number of furan rings is 1. The number of halogens is 2. The molecule has 3 aromatic rings. The second kappa shape index (κ2) is 6.93. The maximum absolute atomic E-state index is 13.3. The molecule has 1 aromatic heterocycles. The highest BCUT2D eigenvalue weighted by molar-refractivity contribution is 5.88. The average molecular weight is 345 g/mol. The molecule has 1 amide bonds. The Kier molecular flexibility index (Phi) is 4.70. The Bertz CT molecular complexity index is 920. The molecular weight excluding hydrogens is 328 g/mol. The summed E-state index contributed by atoms with van der Waals surface area (Å²) in [5.41, 5.74) is 1.87. The van der Waals surface area contributed by atoms with E-state index in [1.807, 2.05) is 6.07 Å². The number of nitrogens with one attached hydrogen (secondary N) is 1. The van der Waals surface area contributed by atoms with Gasteiger partial charge in [0.15, 0.2) is 11.6 Å². The van der Waals surface area contributed by atoms with Gasteiger partial charge in [0.2, 0.25) is 5.91 Å². The van der Waals surface area contributed by atoms with Gasteiger partial charge in [0.05, 0.1) is 25.8 Å². The van der Waals surface area contributed by atoms with E-state index in [9.17, 15) is 13.6 Å². The minimum Gasteiger partial charge on any atom is -0.497 e. The van der Waals surface area contributed by atoms with Crippen LogP contribution in [-0.2, 0) is 11.2 Å². The van der Waals surface area contributed by atoms with Gasteiger partial charge in [-0.3, -0.25) is 4.79 Å². The van der Waals surface area contributed by atoms with E-state index >= 15 is 0 Å². The number of amides is 1. The molecule has 4 nitrogen and oxygen atoms in total. The van der Waals surface area contributed by atoms with Crippen molar-refractivity contribution in [1.82, 2.24) is 5.32 Å². The summed E-state index contributed by atoms with van der Waals surface area (Å²) in [7, 11) is 1.57. The topological polar surface area (TPSA) is 51.5 Å². The zero-order chi connectivity index (χ0) is 18.0. The SMILES string of the molecule is COc1ccc2c(CC(=O)NC(C)c3ccc(F)c(F)c3)coc2c1. The number of ether oxygens (including phenoxy) is 1. The molecule has 0 spiro atoms. The van der Waals surface area contributed by atoms with Gasteiger partial charge in [-0.1, -0.05) is 6.07 Å². The van der Waals surface area contributed by atoms with Crippen molar-refractivity contribution in [2.24, 2.45) is 0 Å². The lowest BCUT2D eigenvalue weighted by molar-refractivity contribution is -0.121. The zero-order valence-electron chi connectivity index (χ0n) is 13.8. The van der Waals surface area contributed by atoms with E-state index in [1.54, 1.807) is 26.2 Å². The number of hydrogen-bond donors (Lipinski definition) is 1. The second-order valence-electron chi connectivity index (χ2n) is 5.76. The normalized spacial score (nSPS) is 12.2. The van der Waals surface area contributed by atoms with E-state index in [-0.39, 0.29) is 12.3 Å². The van der Waals surface area contributed by atoms with Crippen LogP contribution in [-0.4, -0.2) is 13.0 Å². The molecule has 2 aromatic carbocycles. The molecule has 3 rings (SSSR count). The number of benzene rings is 2. The van der Waals surface area contributed by atoms with Crippen molar-refractivity contribution < 1.29 is 22.7 Å². The Morgan fingerprint density at radius 2 is 2.00 bits per heavy atom. The van der Waals surface area contributed by atoms with Crippen LogP contribution in [0.1, 0.15) is 24.1 Å². The van der Waals surface area contributed by atoms with Crippen LogP contribution >= 0.6 is 0 Å². The first-order valence-electron chi connectivity index (χ1n) is 7.76. The lowest BCUT2D eigenvalue weighted by Gasteiger charge is -2.14. The third kappa shape index (κ3) is 3.63. The molecule has 1 unspecified atom stereocenters. The maximum atomic E-state index is 13.3. The van der Waals surface area contributed by atoms with E-state index in [0.717, 1.165) is 23.1 Å². The average Bonchev–Trinajstić information content (AvgIpc) is 2.99. The van der Waals surface area contributed by atoms with E-state index in [4.69, 9.17) is 9.15 Å². The fraction of sp³-hybridized carbons (Fsp3) is 0.211. The number of hydrogen-bond acceptors (Lipinski definition) is 3. The third-order valence-electron chi connectivity index (χ3n) is 4.04. The lowest BCUT2D eigenvalue weighted by Crippen LogP contribution is -2.28. The molecule has 130 valence electrons. The first-order chi connectivity index (χ1) is 12.0. The van der Waals surface area contributed by atoms with Gasteiger partial charge in [-0.25, -0.2) is 8.78 Å². The first kappa shape index (κ1) is 17.0. The van der Waals surface area contributed by atoms with Crippen LogP contribution in [0.2, 0.25) is 0 Å². The largest absolute Gasteiger partial charge is 0.497 e. The van der Waals surface area contributed by atoms with Gasteiger partial charge in [-0.15, -0.1) is 0 Å². The quantitative estimate of drug-likeness (QED) is 0.756. The monoisotopic (exact) mass is 345 g/mol. The van der Waals surface area contributed by atoms with Crippen molar-refractivity contribution in [2.75, 3.05) is 7.11 Å². The first-order valence-corrected chi connectivity index (χ1v) is 7.76. The molecule has 6 heteroatoms. The molecule has 1 N–H and O–H groups in total. The highest BCUT2D eigenvalue weighted by Gasteiger charge is 2.15. The van der Waals surface area contributed by atoms with Crippen LogP contribution in [0.15, 0.2) is 47.1 Å². The summed E-state index contributed by atoms with van der Waals surface area (Å²) in [4.78, 5) is 12.3. The number of carbonyl (C=O) groups excluding carboxylic acids is 1. The molecule has 1 atom stereocenters. The standard InChI is InChI=1S/C19H17F2NO3/c1-11(12-3-6-16(20)17(21)7-12)22-19(23)8-13-10-25-18-9-14(24-2)4-5-15(13)18/h3-7,9-11H,8H2,1-2H3,(H,22,23). The summed E-state index contributed by atoms with van der Waals surface area (Å²) in [6.07, 6.45) is 1.65. The van der Waals surface area contributed by atoms with Crippen LogP contribution in [0.25, 0.3) is 11.0 Å². The van der Waals surface area contributed by atoms with Gasteiger partial charge >= 0.3 is 0 Å². The van der Waals surface area contributed by atoms with Crippen LogP contribution < -0.4 is 10.1 Å². The van der Waals surface area contributed by atoms with Gasteiger partial charge < -0.3 is 14.5 Å². The zero-order valence-corrected chi connectivity index (χ0v) is 13.8. The Morgan fingerprint density at radius 1 is 1.20 bits per heavy atom. The van der Waals surface area contributed by atoms with Crippen molar-refractivity contribution in [3.05, 3.63) is 65.4 Å². The van der Waals surface area contributed by atoms with Gasteiger partial charge in [0, 0.05) is 17.0 Å². The fourth-order valence-corrected chi connectivity index (χ4v) is 2.66. The minimum atomic E-state index is -0.937. The van der Waals surface area contributed by atoms with Crippen LogP contribution in [0.4, 0.5) is 8.78 Å².